The molecule has 1 N–H and O–H groups in total. The number of para-hydroxylation sites is 1. The van der Waals surface area contributed by atoms with E-state index in [2.05, 4.69) is 49.5 Å². The second kappa shape index (κ2) is 7.33. The predicted octanol–water partition coefficient (Wildman–Crippen LogP) is 4.46. The minimum Gasteiger partial charge on any atom is -0.382 e. The number of rotatable bonds is 7. The second-order valence-electron chi connectivity index (χ2n) is 4.14. The molecule has 0 aliphatic carbocycles. The Kier molecular flexibility index (Phi) is 5.91. The third-order valence-corrected chi connectivity index (χ3v) is 2.69. The third-order valence-electron chi connectivity index (χ3n) is 2.69. The van der Waals surface area contributed by atoms with E-state index < -0.39 is 0 Å². The molecular weight excluding hydrogens is 182 g/mol. The summed E-state index contributed by atoms with van der Waals surface area (Å²) in [6, 6.07) is 11.2. The van der Waals surface area contributed by atoms with Crippen molar-refractivity contribution in [3.05, 3.63) is 30.3 Å². The molecule has 0 aliphatic rings. The number of hydrogen-bond donors (Lipinski definition) is 1. The van der Waals surface area contributed by atoms with Gasteiger partial charge in [0.1, 0.15) is 0 Å². The van der Waals surface area contributed by atoms with Crippen molar-refractivity contribution in [2.45, 2.75) is 52.0 Å². The Labute approximate surface area is 93.9 Å². The molecule has 0 fully saturated rings. The van der Waals surface area contributed by atoms with Crippen LogP contribution < -0.4 is 5.32 Å². The van der Waals surface area contributed by atoms with Gasteiger partial charge in [-0.25, -0.2) is 0 Å². The van der Waals surface area contributed by atoms with Gasteiger partial charge in [-0.15, -0.1) is 0 Å². The molecule has 1 unspecified atom stereocenters. The van der Waals surface area contributed by atoms with Crippen molar-refractivity contribution in [1.29, 1.82) is 0 Å². The van der Waals surface area contributed by atoms with E-state index in [0.717, 1.165) is 0 Å². The lowest BCUT2D eigenvalue weighted by atomic mass is 10.0. The van der Waals surface area contributed by atoms with E-state index in [1.54, 1.807) is 0 Å². The van der Waals surface area contributed by atoms with E-state index >= 15 is 0 Å². The summed E-state index contributed by atoms with van der Waals surface area (Å²) in [6.07, 6.45) is 6.43. The van der Waals surface area contributed by atoms with E-state index in [1.165, 1.54) is 37.8 Å². The van der Waals surface area contributed by atoms with Gasteiger partial charge in [0.05, 0.1) is 0 Å². The van der Waals surface area contributed by atoms with Crippen LogP contribution in [0.3, 0.4) is 0 Å². The Morgan fingerprint density at radius 2 is 1.73 bits per heavy atom. The number of nitrogens with one attached hydrogen (secondary N) is 1. The number of benzene rings is 1. The largest absolute Gasteiger partial charge is 0.382 e. The molecule has 0 aromatic heterocycles. The first-order valence-electron chi connectivity index (χ1n) is 6.18. The van der Waals surface area contributed by atoms with Crippen LogP contribution in [0, 0.1) is 0 Å². The van der Waals surface area contributed by atoms with Crippen molar-refractivity contribution in [3.63, 3.8) is 0 Å². The molecule has 0 aliphatic heterocycles. The molecular formula is C14H23N. The molecule has 0 heterocycles. The molecule has 1 aromatic carbocycles. The first-order valence-corrected chi connectivity index (χ1v) is 6.18. The highest BCUT2D eigenvalue weighted by Gasteiger charge is 2.05. The number of anilines is 1. The molecule has 0 saturated carbocycles. The molecule has 1 heteroatoms. The van der Waals surface area contributed by atoms with Crippen molar-refractivity contribution in [2.24, 2.45) is 0 Å². The summed E-state index contributed by atoms with van der Waals surface area (Å²) >= 11 is 0. The van der Waals surface area contributed by atoms with E-state index in [-0.39, 0.29) is 0 Å². The van der Waals surface area contributed by atoms with Crippen LogP contribution in [-0.4, -0.2) is 6.04 Å². The van der Waals surface area contributed by atoms with Gasteiger partial charge in [0.25, 0.3) is 0 Å². The predicted molar refractivity (Wildman–Crippen MR) is 68.3 cm³/mol. The Morgan fingerprint density at radius 1 is 1.00 bits per heavy atom. The highest BCUT2D eigenvalue weighted by Crippen LogP contribution is 2.14. The maximum atomic E-state index is 3.61. The van der Waals surface area contributed by atoms with Crippen LogP contribution in [0.25, 0.3) is 0 Å². The van der Waals surface area contributed by atoms with Gasteiger partial charge in [-0.05, 0) is 25.0 Å². The zero-order valence-corrected chi connectivity index (χ0v) is 10.00. The molecule has 1 aromatic rings. The van der Waals surface area contributed by atoms with Crippen LogP contribution >= 0.6 is 0 Å². The lowest BCUT2D eigenvalue weighted by Crippen LogP contribution is -2.18. The first-order chi connectivity index (χ1) is 7.36. The van der Waals surface area contributed by atoms with Crippen LogP contribution in [0.1, 0.15) is 46.0 Å². The van der Waals surface area contributed by atoms with Gasteiger partial charge in [-0.2, -0.15) is 0 Å². The maximum absolute atomic E-state index is 3.61. The van der Waals surface area contributed by atoms with Crippen molar-refractivity contribution in [3.8, 4) is 0 Å². The zero-order chi connectivity index (χ0) is 10.9. The summed E-state index contributed by atoms with van der Waals surface area (Å²) < 4.78 is 0. The average Bonchev–Trinajstić information content (AvgIpc) is 2.28. The van der Waals surface area contributed by atoms with Gasteiger partial charge in [0, 0.05) is 11.7 Å². The number of unbranched alkanes of at least 4 members (excludes halogenated alkanes) is 1. The highest BCUT2D eigenvalue weighted by molar-refractivity contribution is 5.43. The Hall–Kier alpha value is -0.980. The maximum Gasteiger partial charge on any atom is 0.0342 e. The Morgan fingerprint density at radius 3 is 2.33 bits per heavy atom. The van der Waals surface area contributed by atoms with Crippen molar-refractivity contribution < 1.29 is 0 Å². The third kappa shape index (κ3) is 4.87. The van der Waals surface area contributed by atoms with E-state index in [4.69, 9.17) is 0 Å². The SMILES string of the molecule is CCCCC(CCC)Nc1ccccc1. The minimum absolute atomic E-state index is 0.650. The molecule has 0 spiro atoms. The van der Waals surface area contributed by atoms with Crippen LogP contribution in [0.2, 0.25) is 0 Å². The second-order valence-corrected chi connectivity index (χ2v) is 4.14. The average molecular weight is 205 g/mol. The van der Waals surface area contributed by atoms with Crippen molar-refractivity contribution >= 4 is 5.69 Å². The Bertz CT molecular complexity index is 243. The summed E-state index contributed by atoms with van der Waals surface area (Å²) in [5, 5.41) is 3.61. The molecule has 84 valence electrons. The fourth-order valence-corrected chi connectivity index (χ4v) is 1.86. The molecule has 1 atom stereocenters. The van der Waals surface area contributed by atoms with Gasteiger partial charge in [-0.3, -0.25) is 0 Å². The molecule has 1 rings (SSSR count). The van der Waals surface area contributed by atoms with Crippen LogP contribution in [0.4, 0.5) is 5.69 Å². The fourth-order valence-electron chi connectivity index (χ4n) is 1.86. The lowest BCUT2D eigenvalue weighted by Gasteiger charge is -2.19. The lowest BCUT2D eigenvalue weighted by molar-refractivity contribution is 0.564. The number of hydrogen-bond acceptors (Lipinski definition) is 1. The zero-order valence-electron chi connectivity index (χ0n) is 10.00. The topological polar surface area (TPSA) is 12.0 Å². The van der Waals surface area contributed by atoms with E-state index in [1.807, 2.05) is 0 Å². The molecule has 0 amide bonds. The quantitative estimate of drug-likeness (QED) is 0.693. The first kappa shape index (κ1) is 12.1. The summed E-state index contributed by atoms with van der Waals surface area (Å²) in [5.74, 6) is 0. The molecule has 0 bridgehead atoms. The molecule has 0 saturated heterocycles. The monoisotopic (exact) mass is 205 g/mol. The van der Waals surface area contributed by atoms with Crippen LogP contribution in [0.15, 0.2) is 30.3 Å². The summed E-state index contributed by atoms with van der Waals surface area (Å²) in [5.41, 5.74) is 1.26. The van der Waals surface area contributed by atoms with Gasteiger partial charge < -0.3 is 5.32 Å². The minimum atomic E-state index is 0.650. The smallest absolute Gasteiger partial charge is 0.0342 e. The molecule has 15 heavy (non-hydrogen) atoms. The van der Waals surface area contributed by atoms with Crippen LogP contribution in [0.5, 0.6) is 0 Å². The molecule has 1 nitrogen and oxygen atoms in total. The Balaban J connectivity index is 2.43. The van der Waals surface area contributed by atoms with Gasteiger partial charge in [-0.1, -0.05) is 51.3 Å². The van der Waals surface area contributed by atoms with Gasteiger partial charge in [0.2, 0.25) is 0 Å². The summed E-state index contributed by atoms with van der Waals surface area (Å²) in [6.45, 7) is 4.51. The van der Waals surface area contributed by atoms with E-state index in [9.17, 15) is 0 Å². The van der Waals surface area contributed by atoms with Crippen molar-refractivity contribution in [1.82, 2.24) is 0 Å². The summed E-state index contributed by atoms with van der Waals surface area (Å²) in [4.78, 5) is 0. The van der Waals surface area contributed by atoms with Crippen molar-refractivity contribution in [2.75, 3.05) is 5.32 Å². The highest BCUT2D eigenvalue weighted by atomic mass is 14.9. The van der Waals surface area contributed by atoms with E-state index in [0.29, 0.717) is 6.04 Å². The van der Waals surface area contributed by atoms with Crippen LogP contribution in [-0.2, 0) is 0 Å². The normalized spacial score (nSPS) is 12.4. The van der Waals surface area contributed by atoms with Gasteiger partial charge in [0.15, 0.2) is 0 Å². The molecule has 0 radical (unpaired) electrons. The fraction of sp³-hybridized carbons (Fsp3) is 0.571. The van der Waals surface area contributed by atoms with Gasteiger partial charge >= 0.3 is 0 Å². The standard InChI is InChI=1S/C14H23N/c1-3-5-10-13(9-4-2)15-14-11-7-6-8-12-14/h6-8,11-13,15H,3-5,9-10H2,1-2H3. The summed E-state index contributed by atoms with van der Waals surface area (Å²) in [7, 11) is 0.